The van der Waals surface area contributed by atoms with Crippen LogP contribution in [0.2, 0.25) is 0 Å². The Hall–Kier alpha value is -2.67. The Kier molecular flexibility index (Phi) is 7.20. The molecule has 7 heteroatoms. The van der Waals surface area contributed by atoms with Gasteiger partial charge in [-0.2, -0.15) is 0 Å². The Morgan fingerprint density at radius 2 is 1.86 bits per heavy atom. The van der Waals surface area contributed by atoms with Crippen molar-refractivity contribution < 1.29 is 24.6 Å². The van der Waals surface area contributed by atoms with Crippen LogP contribution in [-0.4, -0.2) is 47.0 Å². The molecule has 2 bridgehead atoms. The van der Waals surface area contributed by atoms with Crippen molar-refractivity contribution in [3.05, 3.63) is 47.3 Å². The van der Waals surface area contributed by atoms with Crippen molar-refractivity contribution in [2.45, 2.75) is 57.9 Å². The average Bonchev–Trinajstić information content (AvgIpc) is 3.49. The molecule has 2 aliphatic heterocycles. The van der Waals surface area contributed by atoms with Crippen LogP contribution < -0.4 is 10.6 Å². The number of aliphatic hydroxyl groups excluding tert-OH is 2. The molecule has 0 radical (unpaired) electrons. The molecule has 0 aromatic carbocycles. The number of nitrogens with one attached hydrogen (secondary N) is 2. The molecule has 0 aromatic rings. The summed E-state index contributed by atoms with van der Waals surface area (Å²) in [5.41, 5.74) is 1.24. The average molecular weight is 495 g/mol. The SMILES string of the molecule is CCC1=CC2CC3C4CC=CC(=O)NCCCC5NC(=O)C(=C(O)C=CC4CCC3C2C1CO)C5=O. The number of ketones is 1. The third-order valence-corrected chi connectivity index (χ3v) is 9.49. The van der Waals surface area contributed by atoms with Crippen molar-refractivity contribution in [3.8, 4) is 0 Å². The van der Waals surface area contributed by atoms with E-state index in [1.54, 1.807) is 12.2 Å². The molecule has 1 saturated heterocycles. The van der Waals surface area contributed by atoms with Crippen molar-refractivity contribution in [1.29, 1.82) is 0 Å². The van der Waals surface area contributed by atoms with Crippen LogP contribution in [0.5, 0.6) is 0 Å². The van der Waals surface area contributed by atoms with Gasteiger partial charge in [0.05, 0.1) is 6.04 Å². The van der Waals surface area contributed by atoms with Crippen LogP contribution in [-0.2, 0) is 14.4 Å². The minimum Gasteiger partial charge on any atom is -0.507 e. The van der Waals surface area contributed by atoms with E-state index in [0.717, 1.165) is 32.1 Å². The number of amides is 2. The normalized spacial score (nSPS) is 38.8. The predicted octanol–water partition coefficient (Wildman–Crippen LogP) is 3.13. The maximum Gasteiger partial charge on any atom is 0.259 e. The van der Waals surface area contributed by atoms with Gasteiger partial charge in [0.15, 0.2) is 5.78 Å². The Bertz CT molecular complexity index is 1040. The first-order chi connectivity index (χ1) is 17.4. The van der Waals surface area contributed by atoms with Gasteiger partial charge in [0.25, 0.3) is 5.91 Å². The minimum atomic E-state index is -0.662. The highest BCUT2D eigenvalue weighted by atomic mass is 16.3. The lowest BCUT2D eigenvalue weighted by molar-refractivity contribution is -0.118. The summed E-state index contributed by atoms with van der Waals surface area (Å²) < 4.78 is 0. The third-order valence-electron chi connectivity index (χ3n) is 9.49. The van der Waals surface area contributed by atoms with Crippen LogP contribution in [0.4, 0.5) is 0 Å². The van der Waals surface area contributed by atoms with Gasteiger partial charge in [-0.05, 0) is 92.6 Å². The van der Waals surface area contributed by atoms with Crippen molar-refractivity contribution in [2.75, 3.05) is 13.2 Å². The highest BCUT2D eigenvalue weighted by Gasteiger charge is 2.53. The van der Waals surface area contributed by atoms with E-state index in [1.165, 1.54) is 5.57 Å². The second-order valence-corrected chi connectivity index (χ2v) is 11.2. The van der Waals surface area contributed by atoms with E-state index in [9.17, 15) is 24.6 Å². The first kappa shape index (κ1) is 25.0. The molecule has 4 N–H and O–H groups in total. The Morgan fingerprint density at radius 1 is 1.03 bits per heavy atom. The number of hydrogen-bond donors (Lipinski definition) is 4. The van der Waals surface area contributed by atoms with Crippen molar-refractivity contribution in [2.24, 2.45) is 41.4 Å². The van der Waals surface area contributed by atoms with E-state index >= 15 is 0 Å². The van der Waals surface area contributed by atoms with Gasteiger partial charge in [-0.1, -0.05) is 30.7 Å². The zero-order chi connectivity index (χ0) is 25.4. The number of allylic oxidation sites excluding steroid dienone is 4. The van der Waals surface area contributed by atoms with Crippen LogP contribution in [0.15, 0.2) is 47.3 Å². The van der Waals surface area contributed by atoms with Gasteiger partial charge in [-0.15, -0.1) is 0 Å². The van der Waals surface area contributed by atoms with Gasteiger partial charge in [0.2, 0.25) is 5.91 Å². The zero-order valence-corrected chi connectivity index (χ0v) is 21.0. The maximum atomic E-state index is 12.8. The number of fused-ring (bicyclic) bond motifs is 7. The Balaban J connectivity index is 1.44. The van der Waals surface area contributed by atoms with Crippen LogP contribution in [0.25, 0.3) is 0 Å². The van der Waals surface area contributed by atoms with Crippen LogP contribution in [0.3, 0.4) is 0 Å². The first-order valence-electron chi connectivity index (χ1n) is 13.6. The summed E-state index contributed by atoms with van der Waals surface area (Å²) in [5.74, 6) is 1.40. The van der Waals surface area contributed by atoms with E-state index in [0.29, 0.717) is 49.0 Å². The molecule has 7 nitrogen and oxygen atoms in total. The lowest BCUT2D eigenvalue weighted by Crippen LogP contribution is -2.35. The van der Waals surface area contributed by atoms with Gasteiger partial charge in [0.1, 0.15) is 11.3 Å². The van der Waals surface area contributed by atoms with Gasteiger partial charge in [-0.3, -0.25) is 14.4 Å². The number of carbonyl (C=O) groups excluding carboxylic acids is 3. The van der Waals surface area contributed by atoms with E-state index in [1.807, 2.05) is 12.2 Å². The summed E-state index contributed by atoms with van der Waals surface area (Å²) >= 11 is 0. The largest absolute Gasteiger partial charge is 0.507 e. The summed E-state index contributed by atoms with van der Waals surface area (Å²) in [6, 6.07) is -0.662. The van der Waals surface area contributed by atoms with Crippen LogP contribution in [0.1, 0.15) is 51.9 Å². The summed E-state index contributed by atoms with van der Waals surface area (Å²) in [7, 11) is 0. The molecule has 8 unspecified atom stereocenters. The van der Waals surface area contributed by atoms with Gasteiger partial charge in [0, 0.05) is 19.1 Å². The van der Waals surface area contributed by atoms with Crippen molar-refractivity contribution in [3.63, 3.8) is 0 Å². The highest BCUT2D eigenvalue weighted by Crippen LogP contribution is 2.60. The van der Waals surface area contributed by atoms with Gasteiger partial charge >= 0.3 is 0 Å². The smallest absolute Gasteiger partial charge is 0.259 e. The molecule has 36 heavy (non-hydrogen) atoms. The molecular formula is C29H38N2O5. The van der Waals surface area contributed by atoms with E-state index in [2.05, 4.69) is 23.6 Å². The lowest BCUT2D eigenvalue weighted by atomic mass is 9.63. The highest BCUT2D eigenvalue weighted by molar-refractivity contribution is 6.27. The molecule has 3 aliphatic carbocycles. The summed E-state index contributed by atoms with van der Waals surface area (Å²) in [4.78, 5) is 37.6. The van der Waals surface area contributed by atoms with Gasteiger partial charge < -0.3 is 20.8 Å². The Labute approximate surface area is 212 Å². The molecule has 3 fully saturated rings. The molecule has 8 atom stereocenters. The van der Waals surface area contributed by atoms with Crippen molar-refractivity contribution in [1.82, 2.24) is 10.6 Å². The fourth-order valence-corrected chi connectivity index (χ4v) is 7.93. The van der Waals surface area contributed by atoms with Crippen LogP contribution in [0, 0.1) is 41.4 Å². The number of aliphatic hydroxyl groups is 2. The fraction of sp³-hybridized carbons (Fsp3) is 0.621. The molecule has 194 valence electrons. The predicted molar refractivity (Wildman–Crippen MR) is 135 cm³/mol. The number of carbonyl (C=O) groups is 3. The molecule has 5 aliphatic rings. The van der Waals surface area contributed by atoms with E-state index in [-0.39, 0.29) is 41.5 Å². The summed E-state index contributed by atoms with van der Waals surface area (Å²) in [5, 5.41) is 26.5. The molecule has 0 aromatic heterocycles. The summed E-state index contributed by atoms with van der Waals surface area (Å²) in [6.45, 7) is 2.80. The zero-order valence-electron chi connectivity index (χ0n) is 21.0. The molecular weight excluding hydrogens is 456 g/mol. The second-order valence-electron chi connectivity index (χ2n) is 11.2. The quantitative estimate of drug-likeness (QED) is 0.348. The van der Waals surface area contributed by atoms with Gasteiger partial charge in [-0.25, -0.2) is 0 Å². The second kappa shape index (κ2) is 10.4. The van der Waals surface area contributed by atoms with Crippen LogP contribution >= 0.6 is 0 Å². The van der Waals surface area contributed by atoms with E-state index in [4.69, 9.17) is 0 Å². The topological polar surface area (TPSA) is 116 Å². The third kappa shape index (κ3) is 4.47. The molecule has 2 heterocycles. The molecule has 2 saturated carbocycles. The maximum absolute atomic E-state index is 12.8. The van der Waals surface area contributed by atoms with Crippen molar-refractivity contribution >= 4 is 17.6 Å². The molecule has 5 rings (SSSR count). The summed E-state index contributed by atoms with van der Waals surface area (Å²) in [6.07, 6.45) is 15.3. The fourth-order valence-electron chi connectivity index (χ4n) is 7.93. The lowest BCUT2D eigenvalue weighted by Gasteiger charge is -2.41. The molecule has 2 amide bonds. The molecule has 0 spiro atoms. The minimum absolute atomic E-state index is 0.138. The first-order valence-corrected chi connectivity index (χ1v) is 13.6. The van der Waals surface area contributed by atoms with E-state index < -0.39 is 11.9 Å². The number of Topliss-reactive ketones (excluding diaryl/α,β-unsaturated/α-hetero) is 1. The standard InChI is InChI=1S/C29H38N2O5/c1-2-16-13-18-14-21-19-5-3-7-25(34)30-12-4-6-23-28(35)27(29(36)31-23)24(33)11-9-17(19)8-10-20(21)26(18)22(16)15-32/h3,7,9,11,13,17-23,26,32-33H,2,4-6,8,10,12,14-15H2,1H3,(H,30,34)(H,31,36). The Morgan fingerprint density at radius 3 is 2.64 bits per heavy atom. The number of rotatable bonds is 2. The monoisotopic (exact) mass is 494 g/mol. The number of hydrogen-bond acceptors (Lipinski definition) is 5.